The van der Waals surface area contributed by atoms with Gasteiger partial charge in [-0.1, -0.05) is 0 Å². The van der Waals surface area contributed by atoms with Crippen molar-refractivity contribution >= 4 is 5.82 Å². The van der Waals surface area contributed by atoms with Crippen molar-refractivity contribution in [1.82, 2.24) is 4.98 Å². The predicted molar refractivity (Wildman–Crippen MR) is 64.5 cm³/mol. The molecule has 4 nitrogen and oxygen atoms in total. The van der Waals surface area contributed by atoms with Crippen molar-refractivity contribution in [2.75, 3.05) is 24.6 Å². The zero-order valence-electron chi connectivity index (χ0n) is 9.89. The van der Waals surface area contributed by atoms with E-state index in [1.807, 2.05) is 19.2 Å². The van der Waals surface area contributed by atoms with Gasteiger partial charge in [-0.05, 0) is 31.5 Å². The van der Waals surface area contributed by atoms with Crippen LogP contribution in [-0.4, -0.2) is 30.8 Å². The Kier molecular flexibility index (Phi) is 3.41. The molecular formula is C12H19N3O. The van der Waals surface area contributed by atoms with E-state index in [0.717, 1.165) is 31.1 Å². The summed E-state index contributed by atoms with van der Waals surface area (Å²) in [6, 6.07) is 4.10. The smallest absolute Gasteiger partial charge is 0.128 e. The zero-order chi connectivity index (χ0) is 11.5. The summed E-state index contributed by atoms with van der Waals surface area (Å²) in [4.78, 5) is 6.64. The number of hydrogen-bond acceptors (Lipinski definition) is 4. The lowest BCUT2D eigenvalue weighted by molar-refractivity contribution is 0.0529. The molecule has 0 amide bonds. The van der Waals surface area contributed by atoms with Crippen LogP contribution in [0.25, 0.3) is 0 Å². The third-order valence-electron chi connectivity index (χ3n) is 2.86. The van der Waals surface area contributed by atoms with Gasteiger partial charge in [-0.3, -0.25) is 0 Å². The van der Waals surface area contributed by atoms with Crippen molar-refractivity contribution < 1.29 is 4.74 Å². The van der Waals surface area contributed by atoms with Crippen LogP contribution in [0.2, 0.25) is 0 Å². The van der Waals surface area contributed by atoms with Gasteiger partial charge in [-0.25, -0.2) is 4.98 Å². The van der Waals surface area contributed by atoms with Crippen molar-refractivity contribution in [3.63, 3.8) is 0 Å². The van der Waals surface area contributed by atoms with E-state index < -0.39 is 0 Å². The average Bonchev–Trinajstić information content (AvgIpc) is 2.29. The second kappa shape index (κ2) is 4.80. The lowest BCUT2D eigenvalue weighted by Gasteiger charge is -2.32. The summed E-state index contributed by atoms with van der Waals surface area (Å²) in [7, 11) is 0. The fraction of sp³-hybridized carbons (Fsp3) is 0.583. The van der Waals surface area contributed by atoms with Crippen LogP contribution >= 0.6 is 0 Å². The number of rotatable bonds is 2. The first-order valence-electron chi connectivity index (χ1n) is 5.75. The topological polar surface area (TPSA) is 51.4 Å². The molecule has 4 heteroatoms. The van der Waals surface area contributed by atoms with Crippen molar-refractivity contribution in [1.29, 1.82) is 0 Å². The van der Waals surface area contributed by atoms with Crippen LogP contribution < -0.4 is 10.6 Å². The molecule has 0 saturated carbocycles. The molecule has 1 fully saturated rings. The SMILES string of the molecule is CC1CN(c2cc(C(C)N)ccn2)CCO1. The van der Waals surface area contributed by atoms with E-state index >= 15 is 0 Å². The van der Waals surface area contributed by atoms with E-state index in [1.165, 1.54) is 0 Å². The number of nitrogens with zero attached hydrogens (tertiary/aromatic N) is 2. The lowest BCUT2D eigenvalue weighted by atomic mass is 10.1. The normalized spacial score (nSPS) is 23.2. The largest absolute Gasteiger partial charge is 0.375 e. The summed E-state index contributed by atoms with van der Waals surface area (Å²) in [6.07, 6.45) is 2.10. The van der Waals surface area contributed by atoms with Crippen LogP contribution in [0.3, 0.4) is 0 Å². The maximum absolute atomic E-state index is 5.87. The Morgan fingerprint density at radius 2 is 2.44 bits per heavy atom. The molecule has 0 radical (unpaired) electrons. The van der Waals surface area contributed by atoms with E-state index in [2.05, 4.69) is 22.9 Å². The summed E-state index contributed by atoms with van der Waals surface area (Å²) >= 11 is 0. The van der Waals surface area contributed by atoms with Gasteiger partial charge in [-0.2, -0.15) is 0 Å². The molecule has 0 bridgehead atoms. The first-order chi connectivity index (χ1) is 7.66. The van der Waals surface area contributed by atoms with Gasteiger partial charge in [0.2, 0.25) is 0 Å². The Hall–Kier alpha value is -1.13. The fourth-order valence-electron chi connectivity index (χ4n) is 1.92. The van der Waals surface area contributed by atoms with E-state index in [4.69, 9.17) is 10.5 Å². The molecule has 2 atom stereocenters. The molecule has 2 N–H and O–H groups in total. The van der Waals surface area contributed by atoms with Gasteiger partial charge in [-0.15, -0.1) is 0 Å². The van der Waals surface area contributed by atoms with E-state index in [-0.39, 0.29) is 12.1 Å². The predicted octanol–water partition coefficient (Wildman–Crippen LogP) is 1.33. The molecule has 2 heterocycles. The van der Waals surface area contributed by atoms with Crippen molar-refractivity contribution in [3.8, 4) is 0 Å². The summed E-state index contributed by atoms with van der Waals surface area (Å²) in [6.45, 7) is 6.64. The highest BCUT2D eigenvalue weighted by Gasteiger charge is 2.18. The minimum absolute atomic E-state index is 0.0558. The van der Waals surface area contributed by atoms with E-state index in [1.54, 1.807) is 0 Å². The van der Waals surface area contributed by atoms with Crippen LogP contribution in [0, 0.1) is 0 Å². The molecule has 2 unspecified atom stereocenters. The molecular weight excluding hydrogens is 202 g/mol. The number of anilines is 1. The molecule has 0 aromatic carbocycles. The number of pyridine rings is 1. The first-order valence-corrected chi connectivity index (χ1v) is 5.75. The van der Waals surface area contributed by atoms with E-state index in [9.17, 15) is 0 Å². The zero-order valence-corrected chi connectivity index (χ0v) is 9.89. The minimum Gasteiger partial charge on any atom is -0.375 e. The van der Waals surface area contributed by atoms with Gasteiger partial charge in [0.1, 0.15) is 5.82 Å². The maximum Gasteiger partial charge on any atom is 0.128 e. The second-order valence-corrected chi connectivity index (χ2v) is 4.36. The van der Waals surface area contributed by atoms with Crippen molar-refractivity contribution in [2.24, 2.45) is 5.73 Å². The second-order valence-electron chi connectivity index (χ2n) is 4.36. The maximum atomic E-state index is 5.87. The third-order valence-corrected chi connectivity index (χ3v) is 2.86. The monoisotopic (exact) mass is 221 g/mol. The Balaban J connectivity index is 2.16. The van der Waals surface area contributed by atoms with Crippen molar-refractivity contribution in [2.45, 2.75) is 26.0 Å². The highest BCUT2D eigenvalue weighted by atomic mass is 16.5. The van der Waals surface area contributed by atoms with Crippen LogP contribution in [0.15, 0.2) is 18.3 Å². The van der Waals surface area contributed by atoms with Gasteiger partial charge >= 0.3 is 0 Å². The third kappa shape index (κ3) is 2.51. The summed E-state index contributed by atoms with van der Waals surface area (Å²) in [5.41, 5.74) is 7.00. The standard InChI is InChI=1S/C12H19N3O/c1-9-8-15(5-6-16-9)12-7-11(10(2)13)3-4-14-12/h3-4,7,9-10H,5-6,8,13H2,1-2H3. The molecule has 1 aromatic heterocycles. The molecule has 1 aliphatic heterocycles. The van der Waals surface area contributed by atoms with Gasteiger partial charge < -0.3 is 15.4 Å². The molecule has 16 heavy (non-hydrogen) atoms. The highest BCUT2D eigenvalue weighted by molar-refractivity contribution is 5.42. The molecule has 88 valence electrons. The van der Waals surface area contributed by atoms with Gasteiger partial charge in [0, 0.05) is 25.3 Å². The number of aromatic nitrogens is 1. The quantitative estimate of drug-likeness (QED) is 0.818. The van der Waals surface area contributed by atoms with Crippen LogP contribution in [0.5, 0.6) is 0 Å². The van der Waals surface area contributed by atoms with Gasteiger partial charge in [0.15, 0.2) is 0 Å². The summed E-state index contributed by atoms with van der Waals surface area (Å²) in [5, 5.41) is 0. The Bertz CT molecular complexity index is 354. The van der Waals surface area contributed by atoms with Gasteiger partial charge in [0.05, 0.1) is 12.7 Å². The molecule has 1 aliphatic rings. The minimum atomic E-state index is 0.0558. The Morgan fingerprint density at radius 3 is 3.12 bits per heavy atom. The summed E-state index contributed by atoms with van der Waals surface area (Å²) < 4.78 is 5.51. The lowest BCUT2D eigenvalue weighted by Crippen LogP contribution is -2.41. The number of ether oxygens (including phenoxy) is 1. The van der Waals surface area contributed by atoms with Crippen LogP contribution in [0.1, 0.15) is 25.5 Å². The molecule has 0 aliphatic carbocycles. The number of nitrogens with two attached hydrogens (primary N) is 1. The molecule has 1 aromatic rings. The summed E-state index contributed by atoms with van der Waals surface area (Å²) in [5.74, 6) is 1.00. The molecule has 1 saturated heterocycles. The van der Waals surface area contributed by atoms with Crippen molar-refractivity contribution in [3.05, 3.63) is 23.9 Å². The fourth-order valence-corrected chi connectivity index (χ4v) is 1.92. The average molecular weight is 221 g/mol. The van der Waals surface area contributed by atoms with Crippen LogP contribution in [-0.2, 0) is 4.74 Å². The Morgan fingerprint density at radius 1 is 1.62 bits per heavy atom. The van der Waals surface area contributed by atoms with Gasteiger partial charge in [0.25, 0.3) is 0 Å². The number of morpholine rings is 1. The Labute approximate surface area is 96.4 Å². The van der Waals surface area contributed by atoms with Crippen LogP contribution in [0.4, 0.5) is 5.82 Å². The van der Waals surface area contributed by atoms with E-state index in [0.29, 0.717) is 0 Å². The first kappa shape index (κ1) is 11.4. The number of hydrogen-bond donors (Lipinski definition) is 1. The molecule has 2 rings (SSSR count). The highest BCUT2D eigenvalue weighted by Crippen LogP contribution is 2.18. The molecule has 0 spiro atoms.